The van der Waals surface area contributed by atoms with Crippen molar-refractivity contribution >= 4 is 16.5 Å². The van der Waals surface area contributed by atoms with Crippen LogP contribution in [0.5, 0.6) is 0 Å². The summed E-state index contributed by atoms with van der Waals surface area (Å²) in [5.74, 6) is 0. The predicted molar refractivity (Wildman–Crippen MR) is 82.7 cm³/mol. The summed E-state index contributed by atoms with van der Waals surface area (Å²) in [7, 11) is 1.95. The van der Waals surface area contributed by atoms with Crippen molar-refractivity contribution in [3.05, 3.63) is 77.9 Å². The van der Waals surface area contributed by atoms with E-state index in [9.17, 15) is 0 Å². The second-order valence-electron chi connectivity index (χ2n) is 4.77. The number of hydrogen-bond acceptors (Lipinski definition) is 1. The highest BCUT2D eigenvalue weighted by Crippen LogP contribution is 2.24. The number of fused-ring (bicyclic) bond motifs is 1. The average Bonchev–Trinajstić information content (AvgIpc) is 2.48. The van der Waals surface area contributed by atoms with E-state index in [-0.39, 0.29) is 0 Å². The van der Waals surface area contributed by atoms with Crippen molar-refractivity contribution in [2.24, 2.45) is 0 Å². The number of rotatable bonds is 3. The van der Waals surface area contributed by atoms with Gasteiger partial charge >= 0.3 is 0 Å². The van der Waals surface area contributed by atoms with E-state index in [0.29, 0.717) is 0 Å². The van der Waals surface area contributed by atoms with Gasteiger partial charge in [0.1, 0.15) is 0 Å². The molecule has 0 fully saturated rings. The molecule has 0 bridgehead atoms. The van der Waals surface area contributed by atoms with Gasteiger partial charge in [0.15, 0.2) is 0 Å². The summed E-state index contributed by atoms with van der Waals surface area (Å²) < 4.78 is 0. The molecule has 0 aliphatic carbocycles. The molecule has 0 aliphatic rings. The quantitative estimate of drug-likeness (QED) is 0.720. The second-order valence-corrected chi connectivity index (χ2v) is 4.77. The normalized spacial score (nSPS) is 10.6. The highest BCUT2D eigenvalue weighted by atomic mass is 14.8. The molecule has 0 amide bonds. The van der Waals surface area contributed by atoms with E-state index in [4.69, 9.17) is 0 Å². The summed E-state index contributed by atoms with van der Waals surface area (Å²) in [6.07, 6.45) is 0.983. The van der Waals surface area contributed by atoms with Gasteiger partial charge in [-0.25, -0.2) is 0 Å². The Morgan fingerprint density at radius 1 is 0.842 bits per heavy atom. The van der Waals surface area contributed by atoms with E-state index < -0.39 is 0 Å². The van der Waals surface area contributed by atoms with E-state index in [2.05, 4.69) is 72.0 Å². The van der Waals surface area contributed by atoms with Crippen molar-refractivity contribution in [3.63, 3.8) is 0 Å². The SMILES string of the molecule is CNc1ccc2c(Cc3ccccc3)cccc2c1. The molecule has 3 aromatic carbocycles. The third-order valence-electron chi connectivity index (χ3n) is 3.50. The van der Waals surface area contributed by atoms with Crippen LogP contribution >= 0.6 is 0 Å². The monoisotopic (exact) mass is 247 g/mol. The van der Waals surface area contributed by atoms with E-state index in [1.54, 1.807) is 0 Å². The minimum atomic E-state index is 0.983. The molecule has 0 spiro atoms. The molecular formula is C18H17N. The van der Waals surface area contributed by atoms with Crippen LogP contribution in [0, 0.1) is 0 Å². The second kappa shape index (κ2) is 5.15. The molecule has 0 aliphatic heterocycles. The standard InChI is InChI=1S/C18H17N/c1-19-17-10-11-18-15(8-5-9-16(18)13-17)12-14-6-3-2-4-7-14/h2-11,13,19H,12H2,1H3. The van der Waals surface area contributed by atoms with Gasteiger partial charge in [-0.3, -0.25) is 0 Å². The number of benzene rings is 3. The third-order valence-corrected chi connectivity index (χ3v) is 3.50. The van der Waals surface area contributed by atoms with Crippen LogP contribution in [0.15, 0.2) is 66.7 Å². The van der Waals surface area contributed by atoms with Crippen LogP contribution in [0.4, 0.5) is 5.69 Å². The van der Waals surface area contributed by atoms with Gasteiger partial charge in [0.25, 0.3) is 0 Å². The van der Waals surface area contributed by atoms with Gasteiger partial charge in [0.05, 0.1) is 0 Å². The van der Waals surface area contributed by atoms with E-state index >= 15 is 0 Å². The molecule has 1 nitrogen and oxygen atoms in total. The van der Waals surface area contributed by atoms with Gasteiger partial charge in [0.2, 0.25) is 0 Å². The van der Waals surface area contributed by atoms with Gasteiger partial charge in [-0.2, -0.15) is 0 Å². The molecule has 0 radical (unpaired) electrons. The first-order valence-corrected chi connectivity index (χ1v) is 6.60. The van der Waals surface area contributed by atoms with Crippen LogP contribution in [-0.4, -0.2) is 7.05 Å². The largest absolute Gasteiger partial charge is 0.388 e. The lowest BCUT2D eigenvalue weighted by atomic mass is 9.98. The van der Waals surface area contributed by atoms with Gasteiger partial charge in [-0.15, -0.1) is 0 Å². The molecule has 0 saturated carbocycles. The maximum absolute atomic E-state index is 3.19. The summed E-state index contributed by atoms with van der Waals surface area (Å²) in [5, 5.41) is 5.82. The fourth-order valence-electron chi connectivity index (χ4n) is 2.48. The summed E-state index contributed by atoms with van der Waals surface area (Å²) in [6.45, 7) is 0. The smallest absolute Gasteiger partial charge is 0.0343 e. The Kier molecular flexibility index (Phi) is 3.20. The first-order chi connectivity index (χ1) is 9.36. The van der Waals surface area contributed by atoms with Crippen LogP contribution in [0.3, 0.4) is 0 Å². The molecule has 3 rings (SSSR count). The fourth-order valence-corrected chi connectivity index (χ4v) is 2.48. The average molecular weight is 247 g/mol. The van der Waals surface area contributed by atoms with Crippen LogP contribution in [-0.2, 0) is 6.42 Å². The van der Waals surface area contributed by atoms with E-state index in [1.165, 1.54) is 21.9 Å². The number of anilines is 1. The minimum Gasteiger partial charge on any atom is -0.388 e. The summed E-state index contributed by atoms with van der Waals surface area (Å²) in [4.78, 5) is 0. The molecule has 0 aromatic heterocycles. The predicted octanol–water partition coefficient (Wildman–Crippen LogP) is 4.47. The maximum Gasteiger partial charge on any atom is 0.0343 e. The molecule has 0 saturated heterocycles. The van der Waals surface area contributed by atoms with Gasteiger partial charge in [-0.1, -0.05) is 54.6 Å². The summed E-state index contributed by atoms with van der Waals surface area (Å²) >= 11 is 0. The van der Waals surface area contributed by atoms with Gasteiger partial charge < -0.3 is 5.32 Å². The lowest BCUT2D eigenvalue weighted by Gasteiger charge is -2.08. The third kappa shape index (κ3) is 2.45. The highest BCUT2D eigenvalue weighted by molar-refractivity contribution is 5.88. The summed E-state index contributed by atoms with van der Waals surface area (Å²) in [5.41, 5.74) is 3.89. The molecule has 0 heterocycles. The van der Waals surface area contributed by atoms with Crippen molar-refractivity contribution in [2.75, 3.05) is 12.4 Å². The lowest BCUT2D eigenvalue weighted by Crippen LogP contribution is -1.91. The molecule has 3 aromatic rings. The van der Waals surface area contributed by atoms with Crippen molar-refractivity contribution in [2.45, 2.75) is 6.42 Å². The van der Waals surface area contributed by atoms with Crippen molar-refractivity contribution in [1.29, 1.82) is 0 Å². The Morgan fingerprint density at radius 3 is 2.47 bits per heavy atom. The molecule has 94 valence electrons. The zero-order chi connectivity index (χ0) is 13.1. The van der Waals surface area contributed by atoms with Gasteiger partial charge in [-0.05, 0) is 40.5 Å². The van der Waals surface area contributed by atoms with E-state index in [0.717, 1.165) is 12.1 Å². The lowest BCUT2D eigenvalue weighted by molar-refractivity contribution is 1.21. The minimum absolute atomic E-state index is 0.983. The van der Waals surface area contributed by atoms with Crippen LogP contribution < -0.4 is 5.32 Å². The molecular weight excluding hydrogens is 230 g/mol. The Morgan fingerprint density at radius 2 is 1.68 bits per heavy atom. The fraction of sp³-hybridized carbons (Fsp3) is 0.111. The summed E-state index contributed by atoms with van der Waals surface area (Å²) in [6, 6.07) is 23.7. The number of hydrogen-bond donors (Lipinski definition) is 1. The zero-order valence-electron chi connectivity index (χ0n) is 11.1. The Hall–Kier alpha value is -2.28. The van der Waals surface area contributed by atoms with Crippen LogP contribution in [0.25, 0.3) is 10.8 Å². The topological polar surface area (TPSA) is 12.0 Å². The first kappa shape index (κ1) is 11.8. The van der Waals surface area contributed by atoms with Crippen molar-refractivity contribution in [1.82, 2.24) is 0 Å². The molecule has 0 atom stereocenters. The molecule has 1 N–H and O–H groups in total. The molecule has 0 unspecified atom stereocenters. The van der Waals surface area contributed by atoms with Crippen LogP contribution in [0.2, 0.25) is 0 Å². The molecule has 19 heavy (non-hydrogen) atoms. The first-order valence-electron chi connectivity index (χ1n) is 6.60. The van der Waals surface area contributed by atoms with Crippen molar-refractivity contribution in [3.8, 4) is 0 Å². The van der Waals surface area contributed by atoms with Crippen LogP contribution in [0.1, 0.15) is 11.1 Å². The Bertz CT molecular complexity index is 686. The van der Waals surface area contributed by atoms with Gasteiger partial charge in [0, 0.05) is 12.7 Å². The number of nitrogens with one attached hydrogen (secondary N) is 1. The molecule has 1 heteroatoms. The Labute approximate surface area is 113 Å². The highest BCUT2D eigenvalue weighted by Gasteiger charge is 2.02. The van der Waals surface area contributed by atoms with E-state index in [1.807, 2.05) is 7.05 Å². The zero-order valence-corrected chi connectivity index (χ0v) is 11.1. The Balaban J connectivity index is 2.04. The van der Waals surface area contributed by atoms with Crippen molar-refractivity contribution < 1.29 is 0 Å². The maximum atomic E-state index is 3.19.